The quantitative estimate of drug-likeness (QED) is 0.677. The van der Waals surface area contributed by atoms with E-state index in [9.17, 15) is 9.18 Å². The van der Waals surface area contributed by atoms with Gasteiger partial charge in [0.2, 0.25) is 5.91 Å². The van der Waals surface area contributed by atoms with Crippen LogP contribution in [0.5, 0.6) is 0 Å². The molecule has 0 saturated carbocycles. The molecular formula is C22H23FN4OS. The highest BCUT2D eigenvalue weighted by molar-refractivity contribution is 7.10. The summed E-state index contributed by atoms with van der Waals surface area (Å²) in [6, 6.07) is 15.9. The molecule has 4 rings (SSSR count). The molecule has 0 aliphatic carbocycles. The SMILES string of the molecule is O=C(CN1CCN(c2ccccn2)CC1)N[C@@H](c1ccc(F)cc1)c1cccs1. The molecule has 1 atom stereocenters. The minimum absolute atomic E-state index is 0.0287. The van der Waals surface area contributed by atoms with Gasteiger partial charge in [-0.3, -0.25) is 9.69 Å². The predicted molar refractivity (Wildman–Crippen MR) is 114 cm³/mol. The third kappa shape index (κ3) is 4.99. The number of thiophene rings is 1. The third-order valence-corrected chi connectivity index (χ3v) is 5.99. The van der Waals surface area contributed by atoms with Gasteiger partial charge in [-0.2, -0.15) is 0 Å². The summed E-state index contributed by atoms with van der Waals surface area (Å²) in [5, 5.41) is 5.11. The van der Waals surface area contributed by atoms with Crippen molar-refractivity contribution < 1.29 is 9.18 Å². The highest BCUT2D eigenvalue weighted by Gasteiger charge is 2.22. The summed E-state index contributed by atoms with van der Waals surface area (Å²) in [6.45, 7) is 3.65. The molecule has 2 aromatic heterocycles. The molecule has 0 radical (unpaired) electrons. The van der Waals surface area contributed by atoms with E-state index in [-0.39, 0.29) is 17.8 Å². The second kappa shape index (κ2) is 9.15. The van der Waals surface area contributed by atoms with Crippen LogP contribution in [0.1, 0.15) is 16.5 Å². The summed E-state index contributed by atoms with van der Waals surface area (Å²) in [5.41, 5.74) is 0.877. The molecule has 1 aliphatic heterocycles. The zero-order valence-electron chi connectivity index (χ0n) is 16.0. The number of pyridine rings is 1. The topological polar surface area (TPSA) is 48.5 Å². The zero-order valence-corrected chi connectivity index (χ0v) is 16.8. The number of halogens is 1. The molecule has 150 valence electrons. The van der Waals surface area contributed by atoms with Crippen molar-refractivity contribution in [2.24, 2.45) is 0 Å². The number of carbonyl (C=O) groups is 1. The van der Waals surface area contributed by atoms with Crippen LogP contribution in [0, 0.1) is 5.82 Å². The number of hydrogen-bond donors (Lipinski definition) is 1. The van der Waals surface area contributed by atoms with Gasteiger partial charge in [0.1, 0.15) is 11.6 Å². The van der Waals surface area contributed by atoms with Crippen LogP contribution in [-0.4, -0.2) is 48.5 Å². The van der Waals surface area contributed by atoms with Gasteiger partial charge < -0.3 is 10.2 Å². The predicted octanol–water partition coefficient (Wildman–Crippen LogP) is 3.31. The van der Waals surface area contributed by atoms with Gasteiger partial charge in [0.05, 0.1) is 12.6 Å². The number of benzene rings is 1. The van der Waals surface area contributed by atoms with E-state index in [1.54, 1.807) is 29.7 Å². The maximum Gasteiger partial charge on any atom is 0.234 e. The fourth-order valence-corrected chi connectivity index (χ4v) is 4.32. The van der Waals surface area contributed by atoms with Crippen LogP contribution in [-0.2, 0) is 4.79 Å². The number of nitrogens with one attached hydrogen (secondary N) is 1. The van der Waals surface area contributed by atoms with E-state index in [2.05, 4.69) is 20.1 Å². The summed E-state index contributed by atoms with van der Waals surface area (Å²) in [6.07, 6.45) is 1.80. The van der Waals surface area contributed by atoms with Gasteiger partial charge in [0.15, 0.2) is 0 Å². The number of nitrogens with zero attached hydrogens (tertiary/aromatic N) is 3. The monoisotopic (exact) mass is 410 g/mol. The molecule has 1 amide bonds. The molecule has 1 aliphatic rings. The first-order valence-corrected chi connectivity index (χ1v) is 10.5. The lowest BCUT2D eigenvalue weighted by Crippen LogP contribution is -2.50. The zero-order chi connectivity index (χ0) is 20.1. The fraction of sp³-hybridized carbons (Fsp3) is 0.273. The molecular weight excluding hydrogens is 387 g/mol. The van der Waals surface area contributed by atoms with Crippen LogP contribution in [0.3, 0.4) is 0 Å². The molecule has 0 spiro atoms. The summed E-state index contributed by atoms with van der Waals surface area (Å²) in [4.78, 5) is 22.6. The highest BCUT2D eigenvalue weighted by Crippen LogP contribution is 2.26. The molecule has 0 bridgehead atoms. The van der Waals surface area contributed by atoms with Crippen molar-refractivity contribution in [1.82, 2.24) is 15.2 Å². The average Bonchev–Trinajstić information content (AvgIpc) is 3.29. The Morgan fingerprint density at radius 1 is 1.07 bits per heavy atom. The average molecular weight is 411 g/mol. The standard InChI is InChI=1S/C22H23FN4OS/c23-18-8-6-17(7-9-18)22(19-4-3-15-29-19)25-21(28)16-26-11-13-27(14-12-26)20-5-1-2-10-24-20/h1-10,15,22H,11-14,16H2,(H,25,28)/t22-/m0/s1. The van der Waals surface area contributed by atoms with Crippen LogP contribution < -0.4 is 10.2 Å². The maximum atomic E-state index is 13.3. The van der Waals surface area contributed by atoms with E-state index in [0.29, 0.717) is 6.54 Å². The van der Waals surface area contributed by atoms with E-state index < -0.39 is 0 Å². The molecule has 1 N–H and O–H groups in total. The number of piperazine rings is 1. The van der Waals surface area contributed by atoms with E-state index in [1.165, 1.54) is 12.1 Å². The van der Waals surface area contributed by atoms with Crippen molar-refractivity contribution in [3.05, 3.63) is 82.4 Å². The molecule has 1 fully saturated rings. The van der Waals surface area contributed by atoms with E-state index in [0.717, 1.165) is 42.4 Å². The Balaban J connectivity index is 1.36. The molecule has 1 aromatic carbocycles. The lowest BCUT2D eigenvalue weighted by molar-refractivity contribution is -0.122. The Bertz CT molecular complexity index is 910. The maximum absolute atomic E-state index is 13.3. The van der Waals surface area contributed by atoms with Crippen molar-refractivity contribution in [1.29, 1.82) is 0 Å². The van der Waals surface area contributed by atoms with Crippen molar-refractivity contribution in [3.8, 4) is 0 Å². The first-order chi connectivity index (χ1) is 14.2. The van der Waals surface area contributed by atoms with Crippen molar-refractivity contribution in [2.75, 3.05) is 37.6 Å². The van der Waals surface area contributed by atoms with E-state index in [1.807, 2.05) is 35.7 Å². The first kappa shape index (κ1) is 19.5. The molecule has 0 unspecified atom stereocenters. The summed E-state index contributed by atoms with van der Waals surface area (Å²) >= 11 is 1.58. The number of rotatable bonds is 6. The summed E-state index contributed by atoms with van der Waals surface area (Å²) in [7, 11) is 0. The molecule has 7 heteroatoms. The second-order valence-corrected chi connectivity index (χ2v) is 8.00. The Labute approximate surface area is 173 Å². The highest BCUT2D eigenvalue weighted by atomic mass is 32.1. The molecule has 5 nitrogen and oxygen atoms in total. The number of anilines is 1. The van der Waals surface area contributed by atoms with Crippen LogP contribution in [0.2, 0.25) is 0 Å². The van der Waals surface area contributed by atoms with Gasteiger partial charge in [-0.05, 0) is 41.3 Å². The van der Waals surface area contributed by atoms with Crippen LogP contribution >= 0.6 is 11.3 Å². The Kier molecular flexibility index (Phi) is 6.17. The minimum atomic E-state index is -0.282. The lowest BCUT2D eigenvalue weighted by Gasteiger charge is -2.35. The van der Waals surface area contributed by atoms with Gasteiger partial charge in [-0.25, -0.2) is 9.37 Å². The summed E-state index contributed by atoms with van der Waals surface area (Å²) < 4.78 is 13.3. The van der Waals surface area contributed by atoms with Gasteiger partial charge in [0, 0.05) is 37.3 Å². The van der Waals surface area contributed by atoms with Crippen molar-refractivity contribution in [2.45, 2.75) is 6.04 Å². The molecule has 3 aromatic rings. The van der Waals surface area contributed by atoms with Gasteiger partial charge in [-0.1, -0.05) is 24.3 Å². The lowest BCUT2D eigenvalue weighted by atomic mass is 10.1. The van der Waals surface area contributed by atoms with E-state index in [4.69, 9.17) is 0 Å². The van der Waals surface area contributed by atoms with Gasteiger partial charge in [0.25, 0.3) is 0 Å². The van der Waals surface area contributed by atoms with Gasteiger partial charge in [-0.15, -0.1) is 11.3 Å². The number of amides is 1. The third-order valence-electron chi connectivity index (χ3n) is 5.05. The first-order valence-electron chi connectivity index (χ1n) is 9.65. The van der Waals surface area contributed by atoms with Crippen molar-refractivity contribution >= 4 is 23.1 Å². The minimum Gasteiger partial charge on any atom is -0.354 e. The number of hydrogen-bond acceptors (Lipinski definition) is 5. The van der Waals surface area contributed by atoms with Gasteiger partial charge >= 0.3 is 0 Å². The smallest absolute Gasteiger partial charge is 0.234 e. The largest absolute Gasteiger partial charge is 0.354 e. The Hall–Kier alpha value is -2.77. The fourth-order valence-electron chi connectivity index (χ4n) is 3.52. The van der Waals surface area contributed by atoms with Crippen molar-refractivity contribution in [3.63, 3.8) is 0 Å². The number of aromatic nitrogens is 1. The second-order valence-electron chi connectivity index (χ2n) is 7.02. The van der Waals surface area contributed by atoms with E-state index >= 15 is 0 Å². The molecule has 1 saturated heterocycles. The summed E-state index contributed by atoms with van der Waals surface area (Å²) in [5.74, 6) is 0.667. The Morgan fingerprint density at radius 2 is 1.86 bits per heavy atom. The van der Waals surface area contributed by atoms with Crippen LogP contribution in [0.4, 0.5) is 10.2 Å². The number of carbonyl (C=O) groups excluding carboxylic acids is 1. The molecule has 3 heterocycles. The normalized spacial score (nSPS) is 15.8. The van der Waals surface area contributed by atoms with Crippen LogP contribution in [0.25, 0.3) is 0 Å². The molecule has 29 heavy (non-hydrogen) atoms. The Morgan fingerprint density at radius 3 is 2.52 bits per heavy atom. The van der Waals surface area contributed by atoms with Crippen LogP contribution in [0.15, 0.2) is 66.2 Å².